The number of rotatable bonds is 4. The predicted molar refractivity (Wildman–Crippen MR) is 79.9 cm³/mol. The summed E-state index contributed by atoms with van der Waals surface area (Å²) < 4.78 is 1.21. The van der Waals surface area contributed by atoms with Crippen LogP contribution in [0.4, 0.5) is 0 Å². The Hall–Kier alpha value is -0.340. The number of benzene rings is 1. The van der Waals surface area contributed by atoms with Crippen molar-refractivity contribution < 1.29 is 0 Å². The number of nitrogens with one attached hydrogen (secondary N) is 1. The normalized spacial score (nSPS) is 22.9. The molecule has 98 valence electrons. The smallest absolute Gasteiger partial charge is 0.0203 e. The second-order valence-electron chi connectivity index (χ2n) is 6.08. The maximum absolute atomic E-state index is 3.60. The van der Waals surface area contributed by atoms with Crippen molar-refractivity contribution in [2.24, 2.45) is 5.92 Å². The molecule has 1 saturated carbocycles. The van der Waals surface area contributed by atoms with Crippen molar-refractivity contribution in [1.29, 1.82) is 0 Å². The Bertz CT molecular complexity index is 405. The summed E-state index contributed by atoms with van der Waals surface area (Å²) in [5, 5.41) is 3.48. The molecule has 0 bridgehead atoms. The highest BCUT2D eigenvalue weighted by Gasteiger charge is 2.38. The molecular weight excluding hydrogens is 286 g/mol. The molecule has 1 aromatic rings. The van der Waals surface area contributed by atoms with Crippen LogP contribution in [0, 0.1) is 5.92 Å². The van der Waals surface area contributed by atoms with E-state index in [1.807, 2.05) is 0 Å². The maximum Gasteiger partial charge on any atom is 0.0203 e. The van der Waals surface area contributed by atoms with Gasteiger partial charge < -0.3 is 5.32 Å². The summed E-state index contributed by atoms with van der Waals surface area (Å²) in [5.74, 6) is 1.01. The van der Waals surface area contributed by atoms with Crippen molar-refractivity contribution >= 4 is 15.9 Å². The van der Waals surface area contributed by atoms with Gasteiger partial charge in [-0.3, -0.25) is 0 Å². The third-order valence-electron chi connectivity index (χ3n) is 4.87. The van der Waals surface area contributed by atoms with Crippen LogP contribution < -0.4 is 5.32 Å². The molecule has 0 spiro atoms. The van der Waals surface area contributed by atoms with E-state index in [0.717, 1.165) is 19.0 Å². The first-order valence-electron chi connectivity index (χ1n) is 7.25. The van der Waals surface area contributed by atoms with Gasteiger partial charge in [0.25, 0.3) is 0 Å². The van der Waals surface area contributed by atoms with E-state index in [4.69, 9.17) is 0 Å². The first kappa shape index (κ1) is 12.7. The van der Waals surface area contributed by atoms with Crippen LogP contribution >= 0.6 is 15.9 Å². The Kier molecular flexibility index (Phi) is 3.76. The number of hydrogen-bond donors (Lipinski definition) is 1. The summed E-state index contributed by atoms with van der Waals surface area (Å²) in [4.78, 5) is 0. The highest BCUT2D eigenvalue weighted by atomic mass is 79.9. The molecule has 0 aromatic heterocycles. The van der Waals surface area contributed by atoms with Crippen molar-refractivity contribution in [2.75, 3.05) is 13.1 Å². The van der Waals surface area contributed by atoms with Gasteiger partial charge in [0.1, 0.15) is 0 Å². The van der Waals surface area contributed by atoms with Crippen LogP contribution in [-0.4, -0.2) is 13.1 Å². The van der Waals surface area contributed by atoms with Gasteiger partial charge in [-0.05, 0) is 36.5 Å². The average molecular weight is 308 g/mol. The monoisotopic (exact) mass is 307 g/mol. The third-order valence-corrected chi connectivity index (χ3v) is 5.36. The fourth-order valence-electron chi connectivity index (χ4n) is 3.55. The summed E-state index contributed by atoms with van der Waals surface area (Å²) in [6.45, 7) is 2.33. The van der Waals surface area contributed by atoms with Crippen LogP contribution in [0.5, 0.6) is 0 Å². The highest BCUT2D eigenvalue weighted by Crippen LogP contribution is 2.38. The van der Waals surface area contributed by atoms with E-state index in [0.29, 0.717) is 5.41 Å². The first-order chi connectivity index (χ1) is 8.78. The fraction of sp³-hybridized carbons (Fsp3) is 0.625. The van der Waals surface area contributed by atoms with Crippen LogP contribution in [0.15, 0.2) is 28.7 Å². The average Bonchev–Trinajstić information content (AvgIpc) is 2.81. The SMILES string of the molecule is Brc1cccc(C2(CCC3CCCC3)CNC2)c1. The lowest BCUT2D eigenvalue weighted by Crippen LogP contribution is -2.56. The quantitative estimate of drug-likeness (QED) is 0.876. The van der Waals surface area contributed by atoms with E-state index < -0.39 is 0 Å². The molecule has 0 atom stereocenters. The summed E-state index contributed by atoms with van der Waals surface area (Å²) in [6, 6.07) is 8.92. The minimum Gasteiger partial charge on any atom is -0.315 e. The van der Waals surface area contributed by atoms with Gasteiger partial charge in [0.05, 0.1) is 0 Å². The van der Waals surface area contributed by atoms with Crippen molar-refractivity contribution in [3.8, 4) is 0 Å². The molecule has 3 rings (SSSR count). The third kappa shape index (κ3) is 2.50. The van der Waals surface area contributed by atoms with Gasteiger partial charge in [-0.2, -0.15) is 0 Å². The van der Waals surface area contributed by atoms with Crippen LogP contribution in [0.2, 0.25) is 0 Å². The van der Waals surface area contributed by atoms with Crippen LogP contribution in [0.25, 0.3) is 0 Å². The van der Waals surface area contributed by atoms with Crippen molar-refractivity contribution in [1.82, 2.24) is 5.32 Å². The molecule has 1 N–H and O–H groups in total. The van der Waals surface area contributed by atoms with Crippen LogP contribution in [0.1, 0.15) is 44.1 Å². The van der Waals surface area contributed by atoms with Gasteiger partial charge in [0, 0.05) is 23.0 Å². The minimum atomic E-state index is 0.423. The molecule has 1 nitrogen and oxygen atoms in total. The molecule has 18 heavy (non-hydrogen) atoms. The topological polar surface area (TPSA) is 12.0 Å². The summed E-state index contributed by atoms with van der Waals surface area (Å²) in [7, 11) is 0. The van der Waals surface area contributed by atoms with E-state index in [1.54, 1.807) is 0 Å². The van der Waals surface area contributed by atoms with Crippen LogP contribution in [0.3, 0.4) is 0 Å². The molecule has 2 aliphatic rings. The lowest BCUT2D eigenvalue weighted by Gasteiger charge is -2.44. The zero-order chi connectivity index (χ0) is 12.4. The molecule has 1 saturated heterocycles. The largest absolute Gasteiger partial charge is 0.315 e. The van der Waals surface area contributed by atoms with E-state index in [1.165, 1.54) is 48.6 Å². The van der Waals surface area contributed by atoms with E-state index >= 15 is 0 Å². The molecule has 1 heterocycles. The summed E-state index contributed by atoms with van der Waals surface area (Å²) >= 11 is 3.60. The first-order valence-corrected chi connectivity index (χ1v) is 8.05. The summed E-state index contributed by atoms with van der Waals surface area (Å²) in [5.41, 5.74) is 1.94. The Labute approximate surface area is 118 Å². The van der Waals surface area contributed by atoms with Gasteiger partial charge in [-0.25, -0.2) is 0 Å². The van der Waals surface area contributed by atoms with E-state index in [9.17, 15) is 0 Å². The Morgan fingerprint density at radius 2 is 2.00 bits per heavy atom. The Balaban J connectivity index is 1.69. The lowest BCUT2D eigenvalue weighted by molar-refractivity contribution is 0.236. The van der Waals surface area contributed by atoms with Gasteiger partial charge >= 0.3 is 0 Å². The molecule has 0 unspecified atom stereocenters. The zero-order valence-electron chi connectivity index (χ0n) is 10.9. The molecule has 2 heteroatoms. The van der Waals surface area contributed by atoms with Crippen molar-refractivity contribution in [2.45, 2.75) is 43.9 Å². The molecule has 1 aliphatic carbocycles. The molecular formula is C16H22BrN. The Morgan fingerprint density at radius 1 is 1.22 bits per heavy atom. The molecule has 2 fully saturated rings. The zero-order valence-corrected chi connectivity index (χ0v) is 12.5. The lowest BCUT2D eigenvalue weighted by atomic mass is 9.70. The Morgan fingerprint density at radius 3 is 2.61 bits per heavy atom. The molecule has 1 aliphatic heterocycles. The van der Waals surface area contributed by atoms with Gasteiger partial charge in [0.2, 0.25) is 0 Å². The standard InChI is InChI=1S/C16H22BrN/c17-15-7-3-6-14(10-15)16(11-18-12-16)9-8-13-4-1-2-5-13/h3,6-7,10,13,18H,1-2,4-5,8-9,11-12H2. The second kappa shape index (κ2) is 5.34. The fourth-order valence-corrected chi connectivity index (χ4v) is 3.95. The summed E-state index contributed by atoms with van der Waals surface area (Å²) in [6.07, 6.45) is 8.67. The number of halogens is 1. The van der Waals surface area contributed by atoms with E-state index in [2.05, 4.69) is 45.5 Å². The highest BCUT2D eigenvalue weighted by molar-refractivity contribution is 9.10. The number of hydrogen-bond acceptors (Lipinski definition) is 1. The minimum absolute atomic E-state index is 0.423. The second-order valence-corrected chi connectivity index (χ2v) is 7.00. The maximum atomic E-state index is 3.60. The van der Waals surface area contributed by atoms with E-state index in [-0.39, 0.29) is 0 Å². The molecule has 0 amide bonds. The van der Waals surface area contributed by atoms with Gasteiger partial charge in [-0.1, -0.05) is 53.7 Å². The van der Waals surface area contributed by atoms with Gasteiger partial charge in [0.15, 0.2) is 0 Å². The molecule has 0 radical (unpaired) electrons. The van der Waals surface area contributed by atoms with Crippen molar-refractivity contribution in [3.05, 3.63) is 34.3 Å². The van der Waals surface area contributed by atoms with Gasteiger partial charge in [-0.15, -0.1) is 0 Å². The molecule has 1 aromatic carbocycles. The van der Waals surface area contributed by atoms with Crippen LogP contribution in [-0.2, 0) is 5.41 Å². The van der Waals surface area contributed by atoms with Crippen molar-refractivity contribution in [3.63, 3.8) is 0 Å². The predicted octanol–water partition coefficient (Wildman–Crippen LogP) is 4.26.